The van der Waals surface area contributed by atoms with Crippen LogP contribution in [0.1, 0.15) is 12.0 Å². The van der Waals surface area contributed by atoms with Crippen LogP contribution in [0, 0.1) is 6.92 Å². The van der Waals surface area contributed by atoms with E-state index in [0.29, 0.717) is 13.1 Å². The SMILES string of the molecule is Cc1ccc(NC(=O)CN(C)CC2(O)CCNC2)cc1. The van der Waals surface area contributed by atoms with Crippen LogP contribution in [0.2, 0.25) is 0 Å². The molecule has 5 heteroatoms. The highest BCUT2D eigenvalue weighted by Gasteiger charge is 2.32. The lowest BCUT2D eigenvalue weighted by atomic mass is 10.0. The van der Waals surface area contributed by atoms with Crippen molar-refractivity contribution in [1.29, 1.82) is 0 Å². The van der Waals surface area contributed by atoms with Crippen molar-refractivity contribution >= 4 is 11.6 Å². The third kappa shape index (κ3) is 4.30. The van der Waals surface area contributed by atoms with E-state index in [0.717, 1.165) is 24.2 Å². The van der Waals surface area contributed by atoms with Crippen LogP contribution in [-0.2, 0) is 4.79 Å². The summed E-state index contributed by atoms with van der Waals surface area (Å²) in [7, 11) is 1.85. The second-order valence-corrected chi connectivity index (χ2v) is 5.74. The predicted octanol–water partition coefficient (Wildman–Crippen LogP) is 0.590. The Morgan fingerprint density at radius 2 is 2.15 bits per heavy atom. The van der Waals surface area contributed by atoms with Gasteiger partial charge in [0.1, 0.15) is 0 Å². The molecule has 1 atom stereocenters. The number of nitrogens with one attached hydrogen (secondary N) is 2. The molecule has 0 aromatic heterocycles. The van der Waals surface area contributed by atoms with E-state index in [1.165, 1.54) is 0 Å². The smallest absolute Gasteiger partial charge is 0.238 e. The van der Waals surface area contributed by atoms with Gasteiger partial charge in [-0.15, -0.1) is 0 Å². The minimum absolute atomic E-state index is 0.0640. The van der Waals surface area contributed by atoms with Gasteiger partial charge in [0.2, 0.25) is 5.91 Å². The monoisotopic (exact) mass is 277 g/mol. The molecule has 1 saturated heterocycles. The third-order valence-corrected chi connectivity index (χ3v) is 3.53. The molecule has 1 fully saturated rings. The van der Waals surface area contributed by atoms with Gasteiger partial charge >= 0.3 is 0 Å². The minimum atomic E-state index is -0.709. The maximum absolute atomic E-state index is 11.9. The molecule has 1 amide bonds. The van der Waals surface area contributed by atoms with Crippen molar-refractivity contribution in [3.05, 3.63) is 29.8 Å². The molecule has 0 radical (unpaired) electrons. The van der Waals surface area contributed by atoms with Gasteiger partial charge in [-0.1, -0.05) is 17.7 Å². The molecule has 0 aliphatic carbocycles. The molecule has 0 bridgehead atoms. The van der Waals surface area contributed by atoms with Crippen molar-refractivity contribution in [2.75, 3.05) is 38.5 Å². The molecular formula is C15H23N3O2. The van der Waals surface area contributed by atoms with Gasteiger partial charge in [-0.05, 0) is 39.1 Å². The summed E-state index contributed by atoms with van der Waals surface area (Å²) < 4.78 is 0. The van der Waals surface area contributed by atoms with Crippen molar-refractivity contribution in [3.8, 4) is 0 Å². The van der Waals surface area contributed by atoms with Gasteiger partial charge in [0.05, 0.1) is 12.1 Å². The molecule has 2 rings (SSSR count). The van der Waals surface area contributed by atoms with Gasteiger partial charge in [-0.25, -0.2) is 0 Å². The van der Waals surface area contributed by atoms with Gasteiger partial charge in [0.25, 0.3) is 0 Å². The fraction of sp³-hybridized carbons (Fsp3) is 0.533. The summed E-state index contributed by atoms with van der Waals surface area (Å²) in [5.74, 6) is -0.0640. The Balaban J connectivity index is 1.80. The maximum Gasteiger partial charge on any atom is 0.238 e. The number of nitrogens with zero attached hydrogens (tertiary/aromatic N) is 1. The Labute approximate surface area is 120 Å². The van der Waals surface area contributed by atoms with E-state index >= 15 is 0 Å². The average molecular weight is 277 g/mol. The third-order valence-electron chi connectivity index (χ3n) is 3.53. The van der Waals surface area contributed by atoms with E-state index in [1.807, 2.05) is 43.1 Å². The van der Waals surface area contributed by atoms with E-state index in [9.17, 15) is 9.90 Å². The molecule has 20 heavy (non-hydrogen) atoms. The fourth-order valence-corrected chi connectivity index (χ4v) is 2.51. The van der Waals surface area contributed by atoms with Crippen molar-refractivity contribution < 1.29 is 9.90 Å². The van der Waals surface area contributed by atoms with Crippen LogP contribution in [0.4, 0.5) is 5.69 Å². The summed E-state index contributed by atoms with van der Waals surface area (Å²) >= 11 is 0. The number of carbonyl (C=O) groups excluding carboxylic acids is 1. The highest BCUT2D eigenvalue weighted by atomic mass is 16.3. The highest BCUT2D eigenvalue weighted by Crippen LogP contribution is 2.15. The number of hydrogen-bond donors (Lipinski definition) is 3. The first-order valence-electron chi connectivity index (χ1n) is 6.95. The lowest BCUT2D eigenvalue weighted by Gasteiger charge is -2.27. The lowest BCUT2D eigenvalue weighted by molar-refractivity contribution is -0.117. The Morgan fingerprint density at radius 1 is 1.45 bits per heavy atom. The number of β-amino-alcohol motifs (C(OH)–C–C–N with tert-alkyl or cyclic N) is 1. The number of carbonyl (C=O) groups is 1. The Morgan fingerprint density at radius 3 is 2.75 bits per heavy atom. The zero-order valence-electron chi connectivity index (χ0n) is 12.1. The number of anilines is 1. The Hall–Kier alpha value is -1.43. The molecule has 1 aromatic carbocycles. The predicted molar refractivity (Wildman–Crippen MR) is 79.7 cm³/mol. The van der Waals surface area contributed by atoms with Gasteiger partial charge in [-0.2, -0.15) is 0 Å². The van der Waals surface area contributed by atoms with Crippen LogP contribution < -0.4 is 10.6 Å². The summed E-state index contributed by atoms with van der Waals surface area (Å²) in [5, 5.41) is 16.3. The summed E-state index contributed by atoms with van der Waals surface area (Å²) in [4.78, 5) is 13.8. The number of aliphatic hydroxyl groups is 1. The Bertz CT molecular complexity index is 453. The highest BCUT2D eigenvalue weighted by molar-refractivity contribution is 5.92. The lowest BCUT2D eigenvalue weighted by Crippen LogP contribution is -2.45. The standard InChI is InChI=1S/C15H23N3O2/c1-12-3-5-13(6-4-12)17-14(19)9-18(2)11-15(20)7-8-16-10-15/h3-6,16,20H,7-11H2,1-2H3,(H,17,19). The van der Waals surface area contributed by atoms with Crippen LogP contribution in [0.25, 0.3) is 0 Å². The van der Waals surface area contributed by atoms with Crippen molar-refractivity contribution in [2.45, 2.75) is 18.9 Å². The van der Waals surface area contributed by atoms with Crippen molar-refractivity contribution in [1.82, 2.24) is 10.2 Å². The van der Waals surface area contributed by atoms with Crippen LogP contribution in [0.5, 0.6) is 0 Å². The molecule has 1 aliphatic rings. The number of rotatable bonds is 5. The number of benzene rings is 1. The average Bonchev–Trinajstić information content (AvgIpc) is 2.78. The summed E-state index contributed by atoms with van der Waals surface area (Å²) in [6.45, 7) is 4.21. The molecule has 0 saturated carbocycles. The molecule has 110 valence electrons. The Kier molecular flexibility index (Phi) is 4.75. The molecule has 5 nitrogen and oxygen atoms in total. The van der Waals surface area contributed by atoms with Gasteiger partial charge in [0.15, 0.2) is 0 Å². The molecular weight excluding hydrogens is 254 g/mol. The fourth-order valence-electron chi connectivity index (χ4n) is 2.51. The summed E-state index contributed by atoms with van der Waals surface area (Å²) in [6, 6.07) is 7.71. The minimum Gasteiger partial charge on any atom is -0.387 e. The second-order valence-electron chi connectivity index (χ2n) is 5.74. The molecule has 3 N–H and O–H groups in total. The number of likely N-dealkylation sites (N-methyl/N-ethyl adjacent to an activating group) is 1. The molecule has 1 unspecified atom stereocenters. The molecule has 1 aromatic rings. The van der Waals surface area contributed by atoms with Crippen molar-refractivity contribution in [3.63, 3.8) is 0 Å². The number of amides is 1. The van der Waals surface area contributed by atoms with Gasteiger partial charge in [-0.3, -0.25) is 9.69 Å². The first-order valence-corrected chi connectivity index (χ1v) is 6.95. The van der Waals surface area contributed by atoms with E-state index < -0.39 is 5.60 Å². The van der Waals surface area contributed by atoms with E-state index in [-0.39, 0.29) is 12.5 Å². The number of aryl methyl sites for hydroxylation is 1. The first kappa shape index (κ1) is 15.0. The molecule has 1 heterocycles. The van der Waals surface area contributed by atoms with E-state index in [2.05, 4.69) is 10.6 Å². The van der Waals surface area contributed by atoms with Crippen LogP contribution in [0.15, 0.2) is 24.3 Å². The van der Waals surface area contributed by atoms with Crippen LogP contribution in [-0.4, -0.2) is 54.7 Å². The maximum atomic E-state index is 11.9. The number of hydrogen-bond acceptors (Lipinski definition) is 4. The van der Waals surface area contributed by atoms with Gasteiger partial charge in [0, 0.05) is 18.8 Å². The summed E-state index contributed by atoms with van der Waals surface area (Å²) in [6.07, 6.45) is 0.733. The molecule has 1 aliphatic heterocycles. The second kappa shape index (κ2) is 6.35. The quantitative estimate of drug-likeness (QED) is 0.737. The summed E-state index contributed by atoms with van der Waals surface area (Å²) in [5.41, 5.74) is 1.25. The van der Waals surface area contributed by atoms with Gasteiger partial charge < -0.3 is 15.7 Å². The molecule has 0 spiro atoms. The zero-order chi connectivity index (χ0) is 14.6. The normalized spacial score (nSPS) is 22.2. The largest absolute Gasteiger partial charge is 0.387 e. The van der Waals surface area contributed by atoms with Crippen LogP contribution >= 0.6 is 0 Å². The first-order chi connectivity index (χ1) is 9.47. The van der Waals surface area contributed by atoms with Crippen molar-refractivity contribution in [2.24, 2.45) is 0 Å². The topological polar surface area (TPSA) is 64.6 Å². The zero-order valence-corrected chi connectivity index (χ0v) is 12.1. The van der Waals surface area contributed by atoms with E-state index in [4.69, 9.17) is 0 Å². The van der Waals surface area contributed by atoms with E-state index in [1.54, 1.807) is 0 Å². The van der Waals surface area contributed by atoms with Crippen LogP contribution in [0.3, 0.4) is 0 Å².